The number of para-hydroxylation sites is 1. The molecule has 104 valence electrons. The molecule has 4 nitrogen and oxygen atoms in total. The second-order valence-corrected chi connectivity index (χ2v) is 5.67. The van der Waals surface area contributed by atoms with Crippen molar-refractivity contribution in [2.24, 2.45) is 5.92 Å². The van der Waals surface area contributed by atoms with Crippen LogP contribution in [0.5, 0.6) is 5.75 Å². The topological polar surface area (TPSA) is 36.5 Å². The average molecular weight is 261 g/mol. The molecular weight excluding hydrogens is 238 g/mol. The van der Waals surface area contributed by atoms with Crippen molar-refractivity contribution in [1.29, 1.82) is 0 Å². The zero-order valence-corrected chi connectivity index (χ0v) is 11.8. The van der Waals surface area contributed by atoms with E-state index in [2.05, 4.69) is 47.6 Å². The van der Waals surface area contributed by atoms with Crippen LogP contribution in [-0.2, 0) is 0 Å². The maximum atomic E-state index is 6.12. The standard InChI is InChI=1S/C15H23N3O/c1-11(2)14-10-17-15-12(4-3-5-13(15)19-14)18-8-6-16-7-9-18/h3-5,11,14,16-17H,6-10H2,1-2H3. The lowest BCUT2D eigenvalue weighted by atomic mass is 10.0. The Balaban J connectivity index is 1.86. The molecule has 0 amide bonds. The number of rotatable bonds is 2. The van der Waals surface area contributed by atoms with Gasteiger partial charge < -0.3 is 20.3 Å². The first kappa shape index (κ1) is 12.6. The van der Waals surface area contributed by atoms with Gasteiger partial charge in [0.1, 0.15) is 17.5 Å². The van der Waals surface area contributed by atoms with Gasteiger partial charge in [-0.05, 0) is 18.1 Å². The molecule has 2 aliphatic heterocycles. The van der Waals surface area contributed by atoms with Crippen LogP contribution in [0.25, 0.3) is 0 Å². The van der Waals surface area contributed by atoms with Crippen molar-refractivity contribution in [3.63, 3.8) is 0 Å². The summed E-state index contributed by atoms with van der Waals surface area (Å²) in [5, 5.41) is 6.97. The van der Waals surface area contributed by atoms with E-state index < -0.39 is 0 Å². The number of nitrogens with one attached hydrogen (secondary N) is 2. The molecule has 19 heavy (non-hydrogen) atoms. The highest BCUT2D eigenvalue weighted by Gasteiger charge is 2.25. The Morgan fingerprint density at radius 2 is 2.05 bits per heavy atom. The number of hydrogen-bond donors (Lipinski definition) is 2. The van der Waals surface area contributed by atoms with Crippen molar-refractivity contribution in [2.75, 3.05) is 42.9 Å². The highest BCUT2D eigenvalue weighted by Crippen LogP contribution is 2.38. The lowest BCUT2D eigenvalue weighted by Gasteiger charge is -2.35. The van der Waals surface area contributed by atoms with Crippen LogP contribution in [0.4, 0.5) is 11.4 Å². The van der Waals surface area contributed by atoms with Crippen molar-refractivity contribution < 1.29 is 4.74 Å². The van der Waals surface area contributed by atoms with Crippen molar-refractivity contribution in [2.45, 2.75) is 20.0 Å². The summed E-state index contributed by atoms with van der Waals surface area (Å²) in [6.45, 7) is 9.54. The minimum Gasteiger partial charge on any atom is -0.486 e. The van der Waals surface area contributed by atoms with Gasteiger partial charge in [-0.25, -0.2) is 0 Å². The molecule has 3 rings (SSSR count). The van der Waals surface area contributed by atoms with Crippen LogP contribution in [0.3, 0.4) is 0 Å². The smallest absolute Gasteiger partial charge is 0.145 e. The lowest BCUT2D eigenvalue weighted by Crippen LogP contribution is -2.44. The number of ether oxygens (including phenoxy) is 1. The molecule has 1 aromatic carbocycles. The van der Waals surface area contributed by atoms with E-state index in [1.165, 1.54) is 11.4 Å². The van der Waals surface area contributed by atoms with Crippen LogP contribution < -0.4 is 20.3 Å². The summed E-state index contributed by atoms with van der Waals surface area (Å²) in [5.41, 5.74) is 2.45. The molecule has 4 heteroatoms. The highest BCUT2D eigenvalue weighted by atomic mass is 16.5. The summed E-state index contributed by atoms with van der Waals surface area (Å²) >= 11 is 0. The monoisotopic (exact) mass is 261 g/mol. The summed E-state index contributed by atoms with van der Waals surface area (Å²) in [4.78, 5) is 2.43. The van der Waals surface area contributed by atoms with Gasteiger partial charge in [-0.15, -0.1) is 0 Å². The fourth-order valence-electron chi connectivity index (χ4n) is 2.74. The molecule has 2 heterocycles. The minimum absolute atomic E-state index is 0.269. The second kappa shape index (κ2) is 5.29. The largest absolute Gasteiger partial charge is 0.486 e. The summed E-state index contributed by atoms with van der Waals surface area (Å²) < 4.78 is 6.12. The first-order valence-electron chi connectivity index (χ1n) is 7.25. The molecule has 0 spiro atoms. The number of benzene rings is 1. The molecule has 0 aliphatic carbocycles. The predicted octanol–water partition coefficient (Wildman–Crippen LogP) is 1.93. The molecule has 1 aromatic rings. The van der Waals surface area contributed by atoms with Crippen molar-refractivity contribution in [1.82, 2.24) is 5.32 Å². The molecule has 1 fully saturated rings. The molecule has 0 aromatic heterocycles. The molecule has 2 aliphatic rings. The van der Waals surface area contributed by atoms with Crippen LogP contribution in [-0.4, -0.2) is 38.8 Å². The maximum absolute atomic E-state index is 6.12. The maximum Gasteiger partial charge on any atom is 0.145 e. The third kappa shape index (κ3) is 2.50. The van der Waals surface area contributed by atoms with Gasteiger partial charge in [0, 0.05) is 26.2 Å². The summed E-state index contributed by atoms with van der Waals surface area (Å²) in [7, 11) is 0. The van der Waals surface area contributed by atoms with E-state index >= 15 is 0 Å². The fraction of sp³-hybridized carbons (Fsp3) is 0.600. The van der Waals surface area contributed by atoms with Crippen molar-refractivity contribution in [3.05, 3.63) is 18.2 Å². The first-order valence-corrected chi connectivity index (χ1v) is 7.25. The minimum atomic E-state index is 0.269. The number of anilines is 2. The van der Waals surface area contributed by atoms with Gasteiger partial charge in [0.2, 0.25) is 0 Å². The molecule has 2 N–H and O–H groups in total. The van der Waals surface area contributed by atoms with Gasteiger partial charge in [-0.2, -0.15) is 0 Å². The number of fused-ring (bicyclic) bond motifs is 1. The van der Waals surface area contributed by atoms with E-state index in [9.17, 15) is 0 Å². The van der Waals surface area contributed by atoms with Crippen LogP contribution in [0.15, 0.2) is 18.2 Å². The van der Waals surface area contributed by atoms with Crippen molar-refractivity contribution in [3.8, 4) is 5.75 Å². The van der Waals surface area contributed by atoms with Gasteiger partial charge in [-0.3, -0.25) is 0 Å². The van der Waals surface area contributed by atoms with Crippen LogP contribution >= 0.6 is 0 Å². The number of piperazine rings is 1. The van der Waals surface area contributed by atoms with Crippen LogP contribution in [0, 0.1) is 5.92 Å². The van der Waals surface area contributed by atoms with Gasteiger partial charge in [0.25, 0.3) is 0 Å². The Morgan fingerprint density at radius 3 is 2.79 bits per heavy atom. The zero-order valence-electron chi connectivity index (χ0n) is 11.8. The third-order valence-electron chi connectivity index (χ3n) is 3.96. The molecule has 0 bridgehead atoms. The van der Waals surface area contributed by atoms with Gasteiger partial charge in [0.15, 0.2) is 0 Å². The Kier molecular flexibility index (Phi) is 3.51. The third-order valence-corrected chi connectivity index (χ3v) is 3.96. The molecule has 1 unspecified atom stereocenters. The Hall–Kier alpha value is -1.42. The summed E-state index contributed by atoms with van der Waals surface area (Å²) in [6, 6.07) is 6.36. The Labute approximate surface area is 115 Å². The first-order chi connectivity index (χ1) is 9.25. The SMILES string of the molecule is CC(C)C1CNc2c(cccc2N2CCNCC2)O1. The van der Waals surface area contributed by atoms with E-state index in [-0.39, 0.29) is 6.10 Å². The fourth-order valence-corrected chi connectivity index (χ4v) is 2.74. The van der Waals surface area contributed by atoms with Crippen LogP contribution in [0.2, 0.25) is 0 Å². The molecule has 1 atom stereocenters. The summed E-state index contributed by atoms with van der Waals surface area (Å²) in [6.07, 6.45) is 0.269. The quantitative estimate of drug-likeness (QED) is 0.853. The number of nitrogens with zero attached hydrogens (tertiary/aromatic N) is 1. The van der Waals surface area contributed by atoms with Gasteiger partial charge >= 0.3 is 0 Å². The average Bonchev–Trinajstić information content (AvgIpc) is 2.47. The molecule has 1 saturated heterocycles. The van der Waals surface area contributed by atoms with E-state index in [1.807, 2.05) is 0 Å². The van der Waals surface area contributed by atoms with E-state index in [0.29, 0.717) is 5.92 Å². The Bertz CT molecular complexity index is 441. The Morgan fingerprint density at radius 1 is 1.26 bits per heavy atom. The molecule has 0 saturated carbocycles. The summed E-state index contributed by atoms with van der Waals surface area (Å²) in [5.74, 6) is 1.53. The molecular formula is C15H23N3O. The van der Waals surface area contributed by atoms with Crippen molar-refractivity contribution >= 4 is 11.4 Å². The van der Waals surface area contributed by atoms with Crippen LogP contribution in [0.1, 0.15) is 13.8 Å². The predicted molar refractivity (Wildman–Crippen MR) is 79.3 cm³/mol. The highest BCUT2D eigenvalue weighted by molar-refractivity contribution is 5.77. The second-order valence-electron chi connectivity index (χ2n) is 5.67. The zero-order chi connectivity index (χ0) is 13.2. The molecule has 0 radical (unpaired) electrons. The lowest BCUT2D eigenvalue weighted by molar-refractivity contribution is 0.156. The number of hydrogen-bond acceptors (Lipinski definition) is 4. The van der Waals surface area contributed by atoms with E-state index in [0.717, 1.165) is 38.5 Å². The van der Waals surface area contributed by atoms with E-state index in [4.69, 9.17) is 4.74 Å². The normalized spacial score (nSPS) is 22.7. The van der Waals surface area contributed by atoms with Gasteiger partial charge in [-0.1, -0.05) is 19.9 Å². The van der Waals surface area contributed by atoms with Gasteiger partial charge in [0.05, 0.1) is 12.2 Å². The van der Waals surface area contributed by atoms with E-state index in [1.54, 1.807) is 0 Å².